The Balaban J connectivity index is 1.88. The van der Waals surface area contributed by atoms with E-state index in [0.717, 1.165) is 0 Å². The molecule has 1 N–H and O–H groups in total. The third kappa shape index (κ3) is 3.65. The molecule has 2 unspecified atom stereocenters. The molecule has 0 spiro atoms. The lowest BCUT2D eigenvalue weighted by Gasteiger charge is -2.38. The molecule has 2 atom stereocenters. The van der Waals surface area contributed by atoms with Crippen LogP contribution in [0.4, 0.5) is 5.69 Å². The number of benzene rings is 1. The fraction of sp³-hybridized carbons (Fsp3) is 0.474. The zero-order valence-electron chi connectivity index (χ0n) is 15.3. The van der Waals surface area contributed by atoms with Crippen molar-refractivity contribution in [2.75, 3.05) is 24.6 Å². The fourth-order valence-electron chi connectivity index (χ4n) is 3.57. The van der Waals surface area contributed by atoms with Gasteiger partial charge in [0.1, 0.15) is 11.8 Å². The molecule has 2 amide bonds. The second-order valence-corrected chi connectivity index (χ2v) is 6.93. The van der Waals surface area contributed by atoms with E-state index in [2.05, 4.69) is 0 Å². The van der Waals surface area contributed by atoms with Gasteiger partial charge in [-0.15, -0.1) is 0 Å². The fourth-order valence-corrected chi connectivity index (χ4v) is 3.57. The Kier molecular flexibility index (Phi) is 5.16. The lowest BCUT2D eigenvalue weighted by Crippen LogP contribution is -2.54. The van der Waals surface area contributed by atoms with Crippen LogP contribution in [0.5, 0.6) is 5.75 Å². The van der Waals surface area contributed by atoms with Crippen LogP contribution < -0.4 is 9.64 Å². The maximum absolute atomic E-state index is 13.0. The number of hydrogen-bond donors (Lipinski definition) is 1. The van der Waals surface area contributed by atoms with Gasteiger partial charge in [0.25, 0.3) is 5.91 Å². The van der Waals surface area contributed by atoms with Crippen molar-refractivity contribution in [3.8, 4) is 5.75 Å². The molecule has 2 aliphatic rings. The van der Waals surface area contributed by atoms with Crippen molar-refractivity contribution < 1.29 is 29.0 Å². The molecule has 1 fully saturated rings. The maximum atomic E-state index is 13.0. The average molecular weight is 374 g/mol. The van der Waals surface area contributed by atoms with Crippen LogP contribution in [0.1, 0.15) is 37.0 Å². The summed E-state index contributed by atoms with van der Waals surface area (Å²) in [5, 5.41) is 9.23. The summed E-state index contributed by atoms with van der Waals surface area (Å²) in [5.74, 6) is -1.92. The van der Waals surface area contributed by atoms with E-state index in [9.17, 15) is 24.3 Å². The minimum atomic E-state index is -0.918. The smallest absolute Gasteiger partial charge is 0.308 e. The van der Waals surface area contributed by atoms with Gasteiger partial charge >= 0.3 is 5.97 Å². The lowest BCUT2D eigenvalue weighted by molar-refractivity contribution is -0.146. The Labute approximate surface area is 156 Å². The zero-order valence-corrected chi connectivity index (χ0v) is 15.3. The number of likely N-dealkylation sites (tertiary alicyclic amines) is 1. The van der Waals surface area contributed by atoms with E-state index >= 15 is 0 Å². The molecule has 8 nitrogen and oxygen atoms in total. The molecule has 1 aromatic rings. The predicted octanol–water partition coefficient (Wildman–Crippen LogP) is 1.33. The second kappa shape index (κ2) is 7.38. The van der Waals surface area contributed by atoms with E-state index in [1.807, 2.05) is 0 Å². The topological polar surface area (TPSA) is 104 Å². The summed E-state index contributed by atoms with van der Waals surface area (Å²) in [7, 11) is 0. The van der Waals surface area contributed by atoms with Gasteiger partial charge in [0.2, 0.25) is 5.91 Å². The zero-order chi connectivity index (χ0) is 19.7. The van der Waals surface area contributed by atoms with Crippen LogP contribution in [0.3, 0.4) is 0 Å². The average Bonchev–Trinajstić information content (AvgIpc) is 2.66. The Morgan fingerprint density at radius 2 is 2.04 bits per heavy atom. The van der Waals surface area contributed by atoms with Crippen molar-refractivity contribution in [1.29, 1.82) is 0 Å². The van der Waals surface area contributed by atoms with Gasteiger partial charge in [-0.05, 0) is 44.9 Å². The summed E-state index contributed by atoms with van der Waals surface area (Å²) in [5.41, 5.74) is 0.798. The summed E-state index contributed by atoms with van der Waals surface area (Å²) in [6.45, 7) is 3.44. The highest BCUT2D eigenvalue weighted by Crippen LogP contribution is 2.35. The number of aliphatic carboxylic acids is 1. The largest absolute Gasteiger partial charge is 0.482 e. The van der Waals surface area contributed by atoms with E-state index in [-0.39, 0.29) is 30.7 Å². The molecule has 144 valence electrons. The number of hydrogen-bond acceptors (Lipinski definition) is 5. The first kappa shape index (κ1) is 18.9. The molecule has 27 heavy (non-hydrogen) atoms. The van der Waals surface area contributed by atoms with Crippen LogP contribution in [0.25, 0.3) is 0 Å². The molecule has 2 aliphatic heterocycles. The highest BCUT2D eigenvalue weighted by Gasteiger charge is 2.37. The molecule has 1 saturated heterocycles. The van der Waals surface area contributed by atoms with Gasteiger partial charge in [0.05, 0.1) is 11.6 Å². The van der Waals surface area contributed by atoms with Crippen molar-refractivity contribution in [2.45, 2.75) is 32.7 Å². The Bertz CT molecular complexity index is 805. The Morgan fingerprint density at radius 3 is 2.70 bits per heavy atom. The summed E-state index contributed by atoms with van der Waals surface area (Å²) >= 11 is 0. The Morgan fingerprint density at radius 1 is 1.30 bits per heavy atom. The molecule has 0 aliphatic carbocycles. The summed E-state index contributed by atoms with van der Waals surface area (Å²) in [6, 6.07) is 3.96. The number of ketones is 1. The highest BCUT2D eigenvalue weighted by atomic mass is 16.5. The van der Waals surface area contributed by atoms with Crippen LogP contribution in [-0.2, 0) is 14.4 Å². The van der Waals surface area contributed by atoms with Crippen LogP contribution in [0.2, 0.25) is 0 Å². The number of carbonyl (C=O) groups excluding carboxylic acids is 3. The predicted molar refractivity (Wildman–Crippen MR) is 95.8 cm³/mol. The van der Waals surface area contributed by atoms with Crippen molar-refractivity contribution in [3.05, 3.63) is 23.8 Å². The van der Waals surface area contributed by atoms with Gasteiger partial charge in [-0.1, -0.05) is 0 Å². The minimum Gasteiger partial charge on any atom is -0.482 e. The first-order valence-corrected chi connectivity index (χ1v) is 8.91. The SMILES string of the molecule is CC(=O)c1ccc2c(c1)N(C(C)C(=O)N1CCCC(C(=O)O)C1)C(=O)CO2. The van der Waals surface area contributed by atoms with Gasteiger partial charge in [-0.2, -0.15) is 0 Å². The molecule has 2 heterocycles. The number of anilines is 1. The summed E-state index contributed by atoms with van der Waals surface area (Å²) in [4.78, 5) is 51.3. The molecule has 1 aromatic carbocycles. The molecule has 8 heteroatoms. The normalized spacial score (nSPS) is 20.5. The number of carboxylic acid groups (broad SMARTS) is 1. The van der Waals surface area contributed by atoms with E-state index < -0.39 is 17.9 Å². The van der Waals surface area contributed by atoms with Crippen LogP contribution in [0, 0.1) is 5.92 Å². The van der Waals surface area contributed by atoms with Crippen LogP contribution in [0.15, 0.2) is 18.2 Å². The molecular weight excluding hydrogens is 352 g/mol. The molecule has 0 aromatic heterocycles. The summed E-state index contributed by atoms with van der Waals surface area (Å²) < 4.78 is 5.42. The van der Waals surface area contributed by atoms with Crippen molar-refractivity contribution >= 4 is 29.3 Å². The third-order valence-corrected chi connectivity index (χ3v) is 5.07. The summed E-state index contributed by atoms with van der Waals surface area (Å²) in [6.07, 6.45) is 1.15. The lowest BCUT2D eigenvalue weighted by atomic mass is 9.97. The number of amides is 2. The number of fused-ring (bicyclic) bond motifs is 1. The van der Waals surface area contributed by atoms with Crippen LogP contribution >= 0.6 is 0 Å². The number of ether oxygens (including phenoxy) is 1. The van der Waals surface area contributed by atoms with Gasteiger partial charge in [0.15, 0.2) is 12.4 Å². The number of carbonyl (C=O) groups is 4. The highest BCUT2D eigenvalue weighted by molar-refractivity contribution is 6.05. The number of carboxylic acids is 1. The van der Waals surface area contributed by atoms with E-state index in [1.54, 1.807) is 25.1 Å². The number of piperidine rings is 1. The standard InChI is InChI=1S/C19H22N2O6/c1-11(18(24)20-7-3-4-14(9-20)19(25)26)21-15-8-13(12(2)22)5-6-16(15)27-10-17(21)23/h5-6,8,11,14H,3-4,7,9-10H2,1-2H3,(H,25,26). The third-order valence-electron chi connectivity index (χ3n) is 5.07. The van der Waals surface area contributed by atoms with Crippen molar-refractivity contribution in [1.82, 2.24) is 4.90 Å². The minimum absolute atomic E-state index is 0.136. The first-order valence-electron chi connectivity index (χ1n) is 8.91. The van der Waals surface area contributed by atoms with Gasteiger partial charge < -0.3 is 14.7 Å². The van der Waals surface area contributed by atoms with Crippen molar-refractivity contribution in [3.63, 3.8) is 0 Å². The number of Topliss-reactive ketones (excluding diaryl/α,β-unsaturated/α-hetero) is 1. The number of nitrogens with zero attached hydrogens (tertiary/aromatic N) is 2. The van der Waals surface area contributed by atoms with Crippen LogP contribution in [-0.4, -0.2) is 59.3 Å². The second-order valence-electron chi connectivity index (χ2n) is 6.93. The first-order chi connectivity index (χ1) is 12.8. The molecule has 0 radical (unpaired) electrons. The van der Waals surface area contributed by atoms with Gasteiger partial charge in [0, 0.05) is 18.7 Å². The molecule has 0 saturated carbocycles. The van der Waals surface area contributed by atoms with Crippen molar-refractivity contribution in [2.24, 2.45) is 5.92 Å². The Hall–Kier alpha value is -2.90. The van der Waals surface area contributed by atoms with E-state index in [0.29, 0.717) is 36.4 Å². The monoisotopic (exact) mass is 374 g/mol. The van der Waals surface area contributed by atoms with E-state index in [4.69, 9.17) is 4.74 Å². The quantitative estimate of drug-likeness (QED) is 0.797. The molecular formula is C19H22N2O6. The maximum Gasteiger partial charge on any atom is 0.308 e. The number of rotatable bonds is 4. The molecule has 3 rings (SSSR count). The van der Waals surface area contributed by atoms with Gasteiger partial charge in [-0.3, -0.25) is 24.1 Å². The molecule has 0 bridgehead atoms. The van der Waals surface area contributed by atoms with Gasteiger partial charge in [-0.25, -0.2) is 0 Å². The van der Waals surface area contributed by atoms with E-state index in [1.165, 1.54) is 16.7 Å².